The van der Waals surface area contributed by atoms with E-state index in [1.807, 2.05) is 36.5 Å². The van der Waals surface area contributed by atoms with Crippen molar-refractivity contribution >= 4 is 12.4 Å². The van der Waals surface area contributed by atoms with E-state index in [4.69, 9.17) is 5.26 Å². The minimum atomic E-state index is 0. The Morgan fingerprint density at radius 2 is 1.91 bits per heavy atom. The average molecular weight is 169 g/mol. The summed E-state index contributed by atoms with van der Waals surface area (Å²) in [4.78, 5) is 0. The van der Waals surface area contributed by atoms with E-state index < -0.39 is 0 Å². The van der Waals surface area contributed by atoms with Gasteiger partial charge in [-0.1, -0.05) is 30.3 Å². The zero-order valence-electron chi connectivity index (χ0n) is 5.95. The number of nitriles is 1. The van der Waals surface area contributed by atoms with Gasteiger partial charge in [0.1, 0.15) is 0 Å². The maximum Gasteiger partial charge on any atom is 0.176 e. The fourth-order valence-electron chi connectivity index (χ4n) is 0.737. The van der Waals surface area contributed by atoms with Crippen molar-refractivity contribution in [3.8, 4) is 6.19 Å². The van der Waals surface area contributed by atoms with Gasteiger partial charge in [0.2, 0.25) is 0 Å². The molecule has 0 aliphatic rings. The highest BCUT2D eigenvalue weighted by Crippen LogP contribution is 1.95. The average Bonchev–Trinajstić information content (AvgIpc) is 2.03. The summed E-state index contributed by atoms with van der Waals surface area (Å²) in [6.07, 6.45) is 1.87. The van der Waals surface area contributed by atoms with E-state index in [1.165, 1.54) is 0 Å². The molecule has 1 N–H and O–H groups in total. The highest BCUT2D eigenvalue weighted by atomic mass is 35.5. The van der Waals surface area contributed by atoms with Gasteiger partial charge in [0.15, 0.2) is 6.19 Å². The Hall–Kier alpha value is -1.20. The predicted molar refractivity (Wildman–Crippen MR) is 46.1 cm³/mol. The molecule has 0 aliphatic heterocycles. The summed E-state index contributed by atoms with van der Waals surface area (Å²) in [7, 11) is 0. The topological polar surface area (TPSA) is 35.8 Å². The van der Waals surface area contributed by atoms with Gasteiger partial charge in [0, 0.05) is 6.54 Å². The molecule has 11 heavy (non-hydrogen) atoms. The van der Waals surface area contributed by atoms with Crippen LogP contribution in [0.4, 0.5) is 0 Å². The molecule has 3 heteroatoms. The molecule has 0 atom stereocenters. The largest absolute Gasteiger partial charge is 0.319 e. The van der Waals surface area contributed by atoms with Crippen LogP contribution in [0.5, 0.6) is 0 Å². The normalized spacial score (nSPS) is 7.55. The summed E-state index contributed by atoms with van der Waals surface area (Å²) in [5, 5.41) is 10.7. The molecule has 0 saturated carbocycles. The Kier molecular flexibility index (Phi) is 4.97. The quantitative estimate of drug-likeness (QED) is 0.539. The lowest BCUT2D eigenvalue weighted by Crippen LogP contribution is -2.03. The van der Waals surface area contributed by atoms with Crippen molar-refractivity contribution in [1.82, 2.24) is 5.32 Å². The van der Waals surface area contributed by atoms with Gasteiger partial charge >= 0.3 is 0 Å². The maximum atomic E-state index is 8.17. The second-order valence-electron chi connectivity index (χ2n) is 1.95. The summed E-state index contributed by atoms with van der Waals surface area (Å²) in [6, 6.07) is 9.81. The van der Waals surface area contributed by atoms with Crippen molar-refractivity contribution < 1.29 is 0 Å². The van der Waals surface area contributed by atoms with Crippen LogP contribution in [-0.4, -0.2) is 0 Å². The van der Waals surface area contributed by atoms with Gasteiger partial charge in [0.05, 0.1) is 0 Å². The smallest absolute Gasteiger partial charge is 0.176 e. The van der Waals surface area contributed by atoms with Gasteiger partial charge in [-0.2, -0.15) is 5.26 Å². The molecule has 0 bridgehead atoms. The lowest BCUT2D eigenvalue weighted by atomic mass is 10.2. The van der Waals surface area contributed by atoms with Crippen molar-refractivity contribution in [3.05, 3.63) is 35.9 Å². The van der Waals surface area contributed by atoms with E-state index in [-0.39, 0.29) is 12.4 Å². The SMILES string of the molecule is Cl.N#CNCc1ccccc1. The van der Waals surface area contributed by atoms with Crippen molar-refractivity contribution in [3.63, 3.8) is 0 Å². The highest BCUT2D eigenvalue weighted by molar-refractivity contribution is 5.85. The number of nitrogens with zero attached hydrogens (tertiary/aromatic N) is 1. The third kappa shape index (κ3) is 3.49. The first-order chi connectivity index (χ1) is 4.93. The predicted octanol–water partition coefficient (Wildman–Crippen LogP) is 1.68. The molecule has 0 radical (unpaired) electrons. The number of hydrogen-bond acceptors (Lipinski definition) is 2. The number of halogens is 1. The number of rotatable bonds is 2. The highest BCUT2D eigenvalue weighted by Gasteiger charge is 1.85. The minimum Gasteiger partial charge on any atom is -0.319 e. The monoisotopic (exact) mass is 168 g/mol. The zero-order valence-corrected chi connectivity index (χ0v) is 6.77. The minimum absolute atomic E-state index is 0. The summed E-state index contributed by atoms with van der Waals surface area (Å²) in [5.74, 6) is 0. The summed E-state index contributed by atoms with van der Waals surface area (Å²) in [6.45, 7) is 0.622. The Bertz CT molecular complexity index is 228. The van der Waals surface area contributed by atoms with Crippen LogP contribution in [0.2, 0.25) is 0 Å². The van der Waals surface area contributed by atoms with Crippen LogP contribution in [0.15, 0.2) is 30.3 Å². The summed E-state index contributed by atoms with van der Waals surface area (Å²) >= 11 is 0. The number of hydrogen-bond donors (Lipinski definition) is 1. The lowest BCUT2D eigenvalue weighted by Gasteiger charge is -1.95. The van der Waals surface area contributed by atoms with Crippen LogP contribution in [0.3, 0.4) is 0 Å². The third-order valence-electron chi connectivity index (χ3n) is 1.21. The summed E-state index contributed by atoms with van der Waals surface area (Å²) < 4.78 is 0. The molecule has 0 fully saturated rings. The van der Waals surface area contributed by atoms with E-state index in [1.54, 1.807) is 0 Å². The zero-order chi connectivity index (χ0) is 7.23. The second kappa shape index (κ2) is 5.57. The fraction of sp³-hybridized carbons (Fsp3) is 0.125. The fourth-order valence-corrected chi connectivity index (χ4v) is 0.737. The molecular weight excluding hydrogens is 160 g/mol. The number of nitrogens with one attached hydrogen (secondary N) is 1. The summed E-state index contributed by atoms with van der Waals surface area (Å²) in [5.41, 5.74) is 1.13. The standard InChI is InChI=1S/C8H8N2.ClH/c9-7-10-6-8-4-2-1-3-5-8;/h1-5,10H,6H2;1H. The molecule has 1 aromatic carbocycles. The first-order valence-corrected chi connectivity index (χ1v) is 3.09. The van der Waals surface area contributed by atoms with E-state index >= 15 is 0 Å². The molecule has 0 aliphatic carbocycles. The molecule has 0 spiro atoms. The second-order valence-corrected chi connectivity index (χ2v) is 1.95. The molecule has 1 rings (SSSR count). The molecule has 1 aromatic rings. The van der Waals surface area contributed by atoms with Gasteiger partial charge in [-0.25, -0.2) is 0 Å². The van der Waals surface area contributed by atoms with E-state index in [9.17, 15) is 0 Å². The Labute approximate surface area is 72.3 Å². The first kappa shape index (κ1) is 9.80. The molecule has 0 aromatic heterocycles. The van der Waals surface area contributed by atoms with Crippen molar-refractivity contribution in [2.75, 3.05) is 0 Å². The van der Waals surface area contributed by atoms with E-state index in [2.05, 4.69) is 5.32 Å². The molecule has 58 valence electrons. The van der Waals surface area contributed by atoms with Crippen LogP contribution in [0, 0.1) is 11.5 Å². The van der Waals surface area contributed by atoms with Gasteiger partial charge in [0.25, 0.3) is 0 Å². The van der Waals surface area contributed by atoms with Crippen LogP contribution in [0.25, 0.3) is 0 Å². The Morgan fingerprint density at radius 1 is 1.27 bits per heavy atom. The van der Waals surface area contributed by atoms with E-state index in [0.717, 1.165) is 5.56 Å². The van der Waals surface area contributed by atoms with Crippen molar-refractivity contribution in [2.45, 2.75) is 6.54 Å². The van der Waals surface area contributed by atoms with Crippen molar-refractivity contribution in [2.24, 2.45) is 0 Å². The molecule has 0 unspecified atom stereocenters. The molecular formula is C8H9ClN2. The van der Waals surface area contributed by atoms with Crippen LogP contribution in [-0.2, 0) is 6.54 Å². The van der Waals surface area contributed by atoms with Gasteiger partial charge in [-0.3, -0.25) is 0 Å². The van der Waals surface area contributed by atoms with Gasteiger partial charge in [-0.15, -0.1) is 12.4 Å². The van der Waals surface area contributed by atoms with Crippen LogP contribution in [0.1, 0.15) is 5.56 Å². The Balaban J connectivity index is 0.000001000. The van der Waals surface area contributed by atoms with Gasteiger partial charge in [-0.05, 0) is 5.56 Å². The first-order valence-electron chi connectivity index (χ1n) is 3.09. The molecule has 2 nitrogen and oxygen atoms in total. The maximum absolute atomic E-state index is 8.17. The molecule has 0 saturated heterocycles. The van der Waals surface area contributed by atoms with Gasteiger partial charge < -0.3 is 5.32 Å². The molecule has 0 amide bonds. The third-order valence-corrected chi connectivity index (χ3v) is 1.21. The van der Waals surface area contributed by atoms with Crippen molar-refractivity contribution in [1.29, 1.82) is 5.26 Å². The van der Waals surface area contributed by atoms with Crippen LogP contribution < -0.4 is 5.32 Å². The number of benzene rings is 1. The van der Waals surface area contributed by atoms with Crippen LogP contribution >= 0.6 is 12.4 Å². The van der Waals surface area contributed by atoms with E-state index in [0.29, 0.717) is 6.54 Å². The molecule has 0 heterocycles. The Morgan fingerprint density at radius 3 is 2.45 bits per heavy atom. The lowest BCUT2D eigenvalue weighted by molar-refractivity contribution is 0.884.